The summed E-state index contributed by atoms with van der Waals surface area (Å²) in [6.07, 6.45) is 7.32. The molecule has 8 heterocycles. The van der Waals surface area contributed by atoms with E-state index < -0.39 is 14.6 Å². The van der Waals surface area contributed by atoms with E-state index in [0.717, 1.165) is 111 Å². The molecule has 0 bridgehead atoms. The van der Waals surface area contributed by atoms with Gasteiger partial charge in [-0.05, 0) is 109 Å². The van der Waals surface area contributed by atoms with Crippen molar-refractivity contribution >= 4 is 55.6 Å². The minimum Gasteiger partial charge on any atom is -0.492 e. The van der Waals surface area contributed by atoms with Crippen molar-refractivity contribution in [3.8, 4) is 5.75 Å². The molecular weight excluding hydrogens is 984 g/mol. The Labute approximate surface area is 446 Å². The number of halogens is 1. The number of piperazine rings is 2. The number of carbonyl (C=O) groups excluding carboxylic acids is 1. The maximum atomic E-state index is 14.4. The second-order valence-corrected chi connectivity index (χ2v) is 25.8. The first-order chi connectivity index (χ1) is 36.2. The summed E-state index contributed by atoms with van der Waals surface area (Å²) in [6.45, 7) is 25.5. The van der Waals surface area contributed by atoms with Crippen LogP contribution in [0.3, 0.4) is 0 Å². The summed E-state index contributed by atoms with van der Waals surface area (Å²) in [5.41, 5.74) is 5.94. The van der Waals surface area contributed by atoms with Gasteiger partial charge in [0.25, 0.3) is 0 Å². The lowest BCUT2D eigenvalue weighted by Gasteiger charge is -2.46. The van der Waals surface area contributed by atoms with Crippen molar-refractivity contribution < 1.29 is 22.3 Å². The van der Waals surface area contributed by atoms with E-state index in [4.69, 9.17) is 19.7 Å². The number of nitrogens with one attached hydrogen (secondary N) is 3. The number of hydrogen-bond acceptors (Lipinski definition) is 16. The summed E-state index contributed by atoms with van der Waals surface area (Å²) in [5.74, 6) is 3.18. The van der Waals surface area contributed by atoms with Crippen LogP contribution in [-0.4, -0.2) is 154 Å². The van der Waals surface area contributed by atoms with E-state index in [-0.39, 0.29) is 51.8 Å². The first-order valence-corrected chi connectivity index (χ1v) is 28.2. The maximum absolute atomic E-state index is 14.4. The van der Waals surface area contributed by atoms with E-state index in [2.05, 4.69) is 90.2 Å². The third kappa shape index (κ3) is 11.1. The molecule has 4 aromatic heterocycles. The number of aromatic amines is 1. The Bertz CT molecular complexity index is 3190. The van der Waals surface area contributed by atoms with Gasteiger partial charge in [0, 0.05) is 117 Å². The fraction of sp³-hybridized carbons (Fsp3) is 0.518. The predicted octanol–water partition coefficient (Wildman–Crippen LogP) is 6.99. The number of ether oxygens (including phenoxy) is 1. The molecule has 3 saturated heterocycles. The molecule has 404 valence electrons. The quantitative estimate of drug-likeness (QED) is 0.101. The van der Waals surface area contributed by atoms with Crippen LogP contribution in [0.2, 0.25) is 0 Å². The average Bonchev–Trinajstić information content (AvgIpc) is 3.88. The van der Waals surface area contributed by atoms with E-state index in [9.17, 15) is 17.6 Å². The Kier molecular flexibility index (Phi) is 14.8. The number of amides is 1. The molecule has 10 rings (SSSR count). The average molecular weight is 1060 g/mol. The van der Waals surface area contributed by atoms with Gasteiger partial charge in [-0.15, -0.1) is 0 Å². The fourth-order valence-electron chi connectivity index (χ4n) is 11.1. The molecule has 0 saturated carbocycles. The number of piperidine rings is 1. The molecule has 2 aromatic carbocycles. The van der Waals surface area contributed by atoms with Gasteiger partial charge in [-0.1, -0.05) is 26.0 Å². The van der Waals surface area contributed by atoms with Crippen LogP contribution in [-0.2, 0) is 26.5 Å². The lowest BCUT2D eigenvalue weighted by Crippen LogP contribution is -2.63. The molecule has 6 aromatic rings. The zero-order chi connectivity index (χ0) is 53.7. The fourth-order valence-corrected chi connectivity index (χ4v) is 12.4. The first kappa shape index (κ1) is 53.1. The molecule has 4 aliphatic heterocycles. The van der Waals surface area contributed by atoms with Crippen LogP contribution in [0.1, 0.15) is 89.4 Å². The third-order valence-electron chi connectivity index (χ3n) is 16.0. The molecule has 3 fully saturated rings. The molecule has 18 nitrogen and oxygen atoms in total. The van der Waals surface area contributed by atoms with Gasteiger partial charge in [0.1, 0.15) is 46.6 Å². The summed E-state index contributed by atoms with van der Waals surface area (Å²) in [5, 5.41) is 14.9. The molecule has 0 radical (unpaired) electrons. The predicted molar refractivity (Wildman–Crippen MR) is 295 cm³/mol. The smallest absolute Gasteiger partial charge is 0.241 e. The minimum atomic E-state index is -3.83. The Morgan fingerprint density at radius 2 is 1.61 bits per heavy atom. The number of rotatable bonds is 14. The number of aromatic nitrogens is 7. The van der Waals surface area contributed by atoms with E-state index in [1.165, 1.54) is 18.5 Å². The van der Waals surface area contributed by atoms with Gasteiger partial charge in [-0.3, -0.25) is 24.7 Å². The number of fused-ring (bicyclic) bond motifs is 2. The zero-order valence-electron chi connectivity index (χ0n) is 45.4. The number of hydrogen-bond donors (Lipinski definition) is 3. The Morgan fingerprint density at radius 1 is 0.868 bits per heavy atom. The molecule has 3 atom stereocenters. The SMILES string of the molecule is Cc1[nH]nc(Nc2ncnc3cc(OCC4CCN(c5cc(N6CCN(C[C@H]7CN[C@H](C)CN7CC(=O)N7CC(C)(C)c8ncc(Cc9ccc(F)cc9)cc87)C(C)C6)ncn5)CC4)c(S(=O)(=O)C(C)(C)C)cc23)c1C. The normalized spacial score (nSPS) is 20.8. The number of nitrogens with zero attached hydrogens (tertiary/aromatic N) is 11. The molecule has 76 heavy (non-hydrogen) atoms. The van der Waals surface area contributed by atoms with Gasteiger partial charge in [-0.2, -0.15) is 5.10 Å². The number of H-pyrrole nitrogens is 1. The molecule has 1 unspecified atom stereocenters. The highest BCUT2D eigenvalue weighted by Crippen LogP contribution is 2.41. The van der Waals surface area contributed by atoms with Gasteiger partial charge >= 0.3 is 0 Å². The second-order valence-electron chi connectivity index (χ2n) is 23.1. The van der Waals surface area contributed by atoms with Crippen LogP contribution in [0.4, 0.5) is 33.3 Å². The van der Waals surface area contributed by atoms with Crippen molar-refractivity contribution in [1.29, 1.82) is 0 Å². The highest BCUT2D eigenvalue weighted by atomic mass is 32.2. The summed E-state index contributed by atoms with van der Waals surface area (Å²) >= 11 is 0. The third-order valence-corrected chi connectivity index (χ3v) is 18.5. The van der Waals surface area contributed by atoms with Crippen LogP contribution in [0.25, 0.3) is 10.9 Å². The largest absolute Gasteiger partial charge is 0.492 e. The Hall–Kier alpha value is -6.35. The van der Waals surface area contributed by atoms with Crippen LogP contribution >= 0.6 is 0 Å². The van der Waals surface area contributed by atoms with Crippen LogP contribution in [0.5, 0.6) is 5.75 Å². The van der Waals surface area contributed by atoms with Crippen LogP contribution < -0.4 is 30.1 Å². The van der Waals surface area contributed by atoms with Crippen LogP contribution in [0, 0.1) is 25.6 Å². The van der Waals surface area contributed by atoms with E-state index in [1.807, 2.05) is 24.9 Å². The van der Waals surface area contributed by atoms with Gasteiger partial charge in [0.15, 0.2) is 15.7 Å². The highest BCUT2D eigenvalue weighted by Gasteiger charge is 2.42. The summed E-state index contributed by atoms with van der Waals surface area (Å²) in [4.78, 5) is 49.4. The zero-order valence-corrected chi connectivity index (χ0v) is 46.2. The monoisotopic (exact) mass is 1060 g/mol. The Balaban J connectivity index is 0.746. The molecular formula is C56H73FN14O4S. The van der Waals surface area contributed by atoms with E-state index >= 15 is 0 Å². The second kappa shape index (κ2) is 21.2. The van der Waals surface area contributed by atoms with Crippen molar-refractivity contribution in [2.75, 3.05) is 92.1 Å². The van der Waals surface area contributed by atoms with E-state index in [1.54, 1.807) is 51.4 Å². The lowest BCUT2D eigenvalue weighted by atomic mass is 9.91. The minimum absolute atomic E-state index is 0.0844. The van der Waals surface area contributed by atoms with Crippen molar-refractivity contribution in [1.82, 2.24) is 50.2 Å². The number of aryl methyl sites for hydroxylation is 1. The van der Waals surface area contributed by atoms with Gasteiger partial charge in [0.2, 0.25) is 5.91 Å². The summed E-state index contributed by atoms with van der Waals surface area (Å²) in [7, 11) is -3.83. The topological polar surface area (TPSA) is 194 Å². The number of benzene rings is 2. The van der Waals surface area contributed by atoms with Crippen molar-refractivity contribution in [2.45, 2.75) is 115 Å². The standard InChI is InChI=1S/C56H73FN14O4S/c1-35-27-70(30-51(72)71-32-56(8,9)52-46(71)21-41(25-59-52)20-39-10-12-42(57)13-11-39)43(26-58-35)29-68-18-19-69(28-36(68)2)50-24-49(61-34-62-50)67-16-14-40(15-17-67)31-75-47-23-45-44(22-48(47)76(73,74)55(5,6)7)54(63-33-60-45)64-53-37(3)38(4)65-66-53/h10-13,21-25,33-36,40,43,58H,14-20,26-32H2,1-9H3,(H2,60,63,64,65,66)/t35-,36?,43-/m1/s1. The number of anilines is 5. The molecule has 0 aliphatic carbocycles. The van der Waals surface area contributed by atoms with Gasteiger partial charge < -0.3 is 30.1 Å². The maximum Gasteiger partial charge on any atom is 0.241 e. The molecule has 1 amide bonds. The van der Waals surface area contributed by atoms with E-state index in [0.29, 0.717) is 48.7 Å². The molecule has 20 heteroatoms. The Morgan fingerprint density at radius 3 is 2.32 bits per heavy atom. The van der Waals surface area contributed by atoms with Crippen molar-refractivity contribution in [3.05, 3.63) is 101 Å². The molecule has 4 aliphatic rings. The molecule has 3 N–H and O–H groups in total. The summed E-state index contributed by atoms with van der Waals surface area (Å²) < 4.78 is 47.3. The summed E-state index contributed by atoms with van der Waals surface area (Å²) in [6, 6.07) is 14.8. The molecule has 0 spiro atoms. The number of carbonyl (C=O) groups is 1. The number of sulfone groups is 1. The number of pyridine rings is 1. The van der Waals surface area contributed by atoms with Crippen LogP contribution in [0.15, 0.2) is 72.3 Å². The van der Waals surface area contributed by atoms with Gasteiger partial charge in [0.05, 0.1) is 34.8 Å². The van der Waals surface area contributed by atoms with Crippen molar-refractivity contribution in [3.63, 3.8) is 0 Å². The highest BCUT2D eigenvalue weighted by molar-refractivity contribution is 7.92. The van der Waals surface area contributed by atoms with Gasteiger partial charge in [-0.25, -0.2) is 32.7 Å². The first-order valence-electron chi connectivity index (χ1n) is 26.7. The van der Waals surface area contributed by atoms with Crippen molar-refractivity contribution in [2.24, 2.45) is 5.92 Å². The lowest BCUT2D eigenvalue weighted by molar-refractivity contribution is -0.120.